The smallest absolute Gasteiger partial charge is 0.178 e. The van der Waals surface area contributed by atoms with Crippen molar-refractivity contribution in [1.29, 1.82) is 0 Å². The second kappa shape index (κ2) is 6.65. The Morgan fingerprint density at radius 1 is 1.09 bits per heavy atom. The lowest BCUT2D eigenvalue weighted by atomic mass is 9.84. The summed E-state index contributed by atoms with van der Waals surface area (Å²) in [5.41, 5.74) is 2.20. The van der Waals surface area contributed by atoms with Gasteiger partial charge in [0.1, 0.15) is 0 Å². The monoisotopic (exact) mass is 318 g/mol. The van der Waals surface area contributed by atoms with Crippen LogP contribution in [0.4, 0.5) is 0 Å². The van der Waals surface area contributed by atoms with Crippen molar-refractivity contribution in [3.63, 3.8) is 0 Å². The number of aromatic nitrogens is 2. The summed E-state index contributed by atoms with van der Waals surface area (Å²) in [6.07, 6.45) is 10.3. The zero-order valence-corrected chi connectivity index (χ0v) is 13.5. The molecule has 0 aliphatic heterocycles. The van der Waals surface area contributed by atoms with E-state index in [4.69, 9.17) is 0 Å². The predicted octanol–water partition coefficient (Wildman–Crippen LogP) is 3.47. The Kier molecular flexibility index (Phi) is 4.62. The van der Waals surface area contributed by atoms with Gasteiger partial charge in [-0.25, -0.2) is 8.42 Å². The van der Waals surface area contributed by atoms with Crippen LogP contribution >= 0.6 is 0 Å². The Labute approximate surface area is 131 Å². The van der Waals surface area contributed by atoms with E-state index in [0.29, 0.717) is 17.2 Å². The van der Waals surface area contributed by atoms with E-state index in [1.807, 2.05) is 12.1 Å². The van der Waals surface area contributed by atoms with Gasteiger partial charge < -0.3 is 0 Å². The van der Waals surface area contributed by atoms with Gasteiger partial charge in [0.25, 0.3) is 0 Å². The van der Waals surface area contributed by atoms with Crippen molar-refractivity contribution in [3.8, 4) is 0 Å². The van der Waals surface area contributed by atoms with Crippen molar-refractivity contribution in [2.75, 3.05) is 5.75 Å². The number of hydrogen-bond acceptors (Lipinski definition) is 3. The molecule has 0 bridgehead atoms. The lowest BCUT2D eigenvalue weighted by Gasteiger charge is -2.22. The van der Waals surface area contributed by atoms with Gasteiger partial charge in [0, 0.05) is 6.20 Å². The van der Waals surface area contributed by atoms with Crippen molar-refractivity contribution in [2.45, 2.75) is 49.3 Å². The molecule has 22 heavy (non-hydrogen) atoms. The first-order valence-corrected chi connectivity index (χ1v) is 9.61. The predicted molar refractivity (Wildman–Crippen MR) is 86.6 cm³/mol. The van der Waals surface area contributed by atoms with Crippen molar-refractivity contribution in [1.82, 2.24) is 10.2 Å². The van der Waals surface area contributed by atoms with E-state index >= 15 is 0 Å². The number of sulfone groups is 1. The molecule has 0 spiro atoms. The van der Waals surface area contributed by atoms with Crippen LogP contribution in [0.25, 0.3) is 0 Å². The van der Waals surface area contributed by atoms with E-state index in [9.17, 15) is 8.42 Å². The fraction of sp³-hybridized carbons (Fsp3) is 0.471. The van der Waals surface area contributed by atoms with Crippen LogP contribution in [0.15, 0.2) is 41.6 Å². The Bertz CT molecular complexity index is 685. The lowest BCUT2D eigenvalue weighted by Crippen LogP contribution is -2.10. The summed E-state index contributed by atoms with van der Waals surface area (Å²) in [7, 11) is -3.23. The molecule has 4 nitrogen and oxygen atoms in total. The summed E-state index contributed by atoms with van der Waals surface area (Å²) < 4.78 is 24.8. The third kappa shape index (κ3) is 3.58. The average Bonchev–Trinajstić information content (AvgIpc) is 3.08. The molecule has 1 aliphatic rings. The molecule has 0 unspecified atom stereocenters. The first-order chi connectivity index (χ1) is 10.6. The third-order valence-electron chi connectivity index (χ3n) is 4.53. The molecule has 2 aromatic rings. The van der Waals surface area contributed by atoms with E-state index in [-0.39, 0.29) is 5.75 Å². The number of benzene rings is 1. The van der Waals surface area contributed by atoms with E-state index < -0.39 is 9.84 Å². The van der Waals surface area contributed by atoms with Crippen LogP contribution in [0.1, 0.15) is 49.1 Å². The first kappa shape index (κ1) is 15.3. The number of hydrogen-bond donors (Lipinski definition) is 1. The van der Waals surface area contributed by atoms with Gasteiger partial charge in [-0.2, -0.15) is 5.10 Å². The molecular weight excluding hydrogens is 296 g/mol. The second-order valence-electron chi connectivity index (χ2n) is 6.08. The average molecular weight is 318 g/mol. The van der Waals surface area contributed by atoms with Crippen LogP contribution in [0.3, 0.4) is 0 Å². The Balaban J connectivity index is 1.68. The van der Waals surface area contributed by atoms with Crippen molar-refractivity contribution in [3.05, 3.63) is 47.8 Å². The Hall–Kier alpha value is -1.62. The zero-order chi connectivity index (χ0) is 15.4. The van der Waals surface area contributed by atoms with Gasteiger partial charge in [0.2, 0.25) is 0 Å². The molecule has 1 aromatic heterocycles. The summed E-state index contributed by atoms with van der Waals surface area (Å²) in [5, 5.41) is 6.54. The quantitative estimate of drug-likeness (QED) is 0.918. The van der Waals surface area contributed by atoms with Crippen LogP contribution in [-0.4, -0.2) is 24.4 Å². The van der Waals surface area contributed by atoms with Gasteiger partial charge in [0.15, 0.2) is 9.84 Å². The number of rotatable bonds is 5. The van der Waals surface area contributed by atoms with E-state index in [2.05, 4.69) is 10.2 Å². The number of H-pyrrole nitrogens is 1. The SMILES string of the molecule is O=S(=O)(CCc1cn[nH]c1)c1ccc(C2CCCCC2)cc1. The second-order valence-corrected chi connectivity index (χ2v) is 8.19. The summed E-state index contributed by atoms with van der Waals surface area (Å²) >= 11 is 0. The molecule has 1 fully saturated rings. The van der Waals surface area contributed by atoms with Gasteiger partial charge in [-0.1, -0.05) is 31.4 Å². The molecule has 3 rings (SSSR count). The minimum atomic E-state index is -3.23. The minimum absolute atomic E-state index is 0.120. The topological polar surface area (TPSA) is 62.8 Å². The highest BCUT2D eigenvalue weighted by Gasteiger charge is 2.18. The summed E-state index contributed by atoms with van der Waals surface area (Å²) in [4.78, 5) is 0.426. The normalized spacial score (nSPS) is 16.7. The van der Waals surface area contributed by atoms with Gasteiger partial charge in [-0.15, -0.1) is 0 Å². The van der Waals surface area contributed by atoms with Crippen molar-refractivity contribution < 1.29 is 8.42 Å². The molecule has 118 valence electrons. The minimum Gasteiger partial charge on any atom is -0.285 e. The van der Waals surface area contributed by atoms with Gasteiger partial charge in [-0.3, -0.25) is 5.10 Å². The number of nitrogens with zero attached hydrogens (tertiary/aromatic N) is 1. The first-order valence-electron chi connectivity index (χ1n) is 7.95. The number of aromatic amines is 1. The molecule has 0 amide bonds. The third-order valence-corrected chi connectivity index (χ3v) is 6.26. The standard InChI is InChI=1S/C17H22N2O2S/c20-22(21,11-10-14-12-18-19-13-14)17-8-6-16(7-9-17)15-4-2-1-3-5-15/h6-9,12-13,15H,1-5,10-11H2,(H,18,19). The highest BCUT2D eigenvalue weighted by Crippen LogP contribution is 2.32. The van der Waals surface area contributed by atoms with Crippen molar-refractivity contribution >= 4 is 9.84 Å². The van der Waals surface area contributed by atoms with Crippen LogP contribution in [-0.2, 0) is 16.3 Å². The maximum atomic E-state index is 12.4. The van der Waals surface area contributed by atoms with Crippen LogP contribution < -0.4 is 0 Å². The van der Waals surface area contributed by atoms with Crippen LogP contribution in [0, 0.1) is 0 Å². The molecule has 1 aliphatic carbocycles. The summed E-state index contributed by atoms with van der Waals surface area (Å²) in [5.74, 6) is 0.728. The van der Waals surface area contributed by atoms with Crippen molar-refractivity contribution in [2.24, 2.45) is 0 Å². The number of nitrogens with one attached hydrogen (secondary N) is 1. The van der Waals surface area contributed by atoms with Gasteiger partial charge >= 0.3 is 0 Å². The number of aryl methyl sites for hydroxylation is 1. The fourth-order valence-corrected chi connectivity index (χ4v) is 4.46. The van der Waals surface area contributed by atoms with E-state index in [1.165, 1.54) is 37.7 Å². The molecule has 1 aromatic carbocycles. The Morgan fingerprint density at radius 2 is 1.82 bits per heavy atom. The lowest BCUT2D eigenvalue weighted by molar-refractivity contribution is 0.443. The maximum Gasteiger partial charge on any atom is 0.178 e. The van der Waals surface area contributed by atoms with E-state index in [0.717, 1.165) is 5.56 Å². The van der Waals surface area contributed by atoms with Gasteiger partial charge in [0.05, 0.1) is 16.8 Å². The van der Waals surface area contributed by atoms with Gasteiger partial charge in [-0.05, 0) is 48.4 Å². The highest BCUT2D eigenvalue weighted by molar-refractivity contribution is 7.91. The summed E-state index contributed by atoms with van der Waals surface area (Å²) in [6, 6.07) is 7.55. The summed E-state index contributed by atoms with van der Waals surface area (Å²) in [6.45, 7) is 0. The Morgan fingerprint density at radius 3 is 2.45 bits per heavy atom. The van der Waals surface area contributed by atoms with E-state index in [1.54, 1.807) is 24.5 Å². The van der Waals surface area contributed by atoms with Crippen LogP contribution in [0.2, 0.25) is 0 Å². The molecule has 1 heterocycles. The largest absolute Gasteiger partial charge is 0.285 e. The van der Waals surface area contributed by atoms with Crippen LogP contribution in [0.5, 0.6) is 0 Å². The molecule has 1 N–H and O–H groups in total. The maximum absolute atomic E-state index is 12.4. The molecule has 0 atom stereocenters. The molecule has 0 radical (unpaired) electrons. The fourth-order valence-electron chi connectivity index (χ4n) is 3.17. The zero-order valence-electron chi connectivity index (χ0n) is 12.7. The molecular formula is C17H22N2O2S. The molecule has 0 saturated heterocycles. The molecule has 5 heteroatoms. The molecule has 1 saturated carbocycles. The highest BCUT2D eigenvalue weighted by atomic mass is 32.2.